The highest BCUT2D eigenvalue weighted by Crippen LogP contribution is 2.42. The maximum atomic E-state index is 13.6. The molecule has 2 aliphatic rings. The summed E-state index contributed by atoms with van der Waals surface area (Å²) in [6, 6.07) is 4.70. The third-order valence-electron chi connectivity index (χ3n) is 5.25. The van der Waals surface area contributed by atoms with E-state index in [1.54, 1.807) is 12.4 Å². The first kappa shape index (κ1) is 15.1. The van der Waals surface area contributed by atoms with E-state index in [9.17, 15) is 4.39 Å². The average molecular weight is 333 g/mol. The molecule has 2 aliphatic heterocycles. The fourth-order valence-electron chi connectivity index (χ4n) is 3.85. The molecule has 2 saturated heterocycles. The highest BCUT2D eigenvalue weighted by Gasteiger charge is 2.41. The molecule has 5 nitrogen and oxygen atoms in total. The van der Waals surface area contributed by atoms with Crippen LogP contribution in [0, 0.1) is 11.2 Å². The molecule has 2 fully saturated rings. The van der Waals surface area contributed by atoms with Crippen molar-refractivity contribution in [2.75, 3.05) is 31.1 Å². The maximum Gasteiger partial charge on any atom is 0.139 e. The zero-order chi connectivity index (χ0) is 15.9. The Hall–Kier alpha value is -1.44. The van der Waals surface area contributed by atoms with Crippen LogP contribution in [-0.2, 0) is 0 Å². The van der Waals surface area contributed by atoms with Crippen molar-refractivity contribution in [2.45, 2.75) is 19.3 Å². The van der Waals surface area contributed by atoms with Crippen molar-refractivity contribution in [3.05, 3.63) is 30.3 Å². The largest absolute Gasteiger partial charge is 0.356 e. The summed E-state index contributed by atoms with van der Waals surface area (Å²) in [5.41, 5.74) is 1.18. The minimum absolute atomic E-state index is 0.242. The minimum atomic E-state index is -0.242. The first-order chi connectivity index (χ1) is 11.2. The predicted molar refractivity (Wildman–Crippen MR) is 91.3 cm³/mol. The van der Waals surface area contributed by atoms with Crippen molar-refractivity contribution >= 4 is 28.9 Å². The van der Waals surface area contributed by atoms with Crippen molar-refractivity contribution < 1.29 is 4.39 Å². The first-order valence-electron chi connectivity index (χ1n) is 7.96. The standard InChI is InChI=1S/C16H20FN5S/c17-12-1-2-14-13(9-12)15(20-11-19-14)21-6-3-16(4-7-21)5-8-22(10-16)23-18/h1-2,9,11H,3-8,10,18H2. The van der Waals surface area contributed by atoms with Crippen LogP contribution in [0.3, 0.4) is 0 Å². The van der Waals surface area contributed by atoms with E-state index in [4.69, 9.17) is 5.14 Å². The molecule has 0 unspecified atom stereocenters. The monoisotopic (exact) mass is 333 g/mol. The van der Waals surface area contributed by atoms with Gasteiger partial charge in [-0.3, -0.25) is 5.14 Å². The summed E-state index contributed by atoms with van der Waals surface area (Å²) in [7, 11) is 0. The number of hydrogen-bond donors (Lipinski definition) is 1. The quantitative estimate of drug-likeness (QED) is 0.853. The van der Waals surface area contributed by atoms with Gasteiger partial charge < -0.3 is 4.90 Å². The Morgan fingerprint density at radius 2 is 1.91 bits per heavy atom. The van der Waals surface area contributed by atoms with E-state index >= 15 is 0 Å². The second-order valence-corrected chi connectivity index (χ2v) is 7.29. The van der Waals surface area contributed by atoms with Crippen LogP contribution in [0.25, 0.3) is 10.9 Å². The lowest BCUT2D eigenvalue weighted by molar-refractivity contribution is 0.237. The molecular formula is C16H20FN5S. The lowest BCUT2D eigenvalue weighted by Gasteiger charge is -2.40. The Morgan fingerprint density at radius 3 is 2.65 bits per heavy atom. The van der Waals surface area contributed by atoms with Crippen LogP contribution in [-0.4, -0.2) is 40.5 Å². The van der Waals surface area contributed by atoms with Gasteiger partial charge in [0.1, 0.15) is 18.0 Å². The van der Waals surface area contributed by atoms with Crippen LogP contribution in [0.2, 0.25) is 0 Å². The van der Waals surface area contributed by atoms with Crippen LogP contribution in [0.5, 0.6) is 0 Å². The second-order valence-electron chi connectivity index (χ2n) is 6.56. The number of nitrogens with zero attached hydrogens (tertiary/aromatic N) is 4. The fraction of sp³-hybridized carbons (Fsp3) is 0.500. The Morgan fingerprint density at radius 1 is 1.13 bits per heavy atom. The van der Waals surface area contributed by atoms with Crippen molar-refractivity contribution in [3.63, 3.8) is 0 Å². The Balaban J connectivity index is 1.56. The Bertz CT molecular complexity index is 717. The van der Waals surface area contributed by atoms with Gasteiger partial charge in [0.2, 0.25) is 0 Å². The summed E-state index contributed by atoms with van der Waals surface area (Å²) in [5, 5.41) is 6.50. The van der Waals surface area contributed by atoms with Gasteiger partial charge in [-0.15, -0.1) is 0 Å². The van der Waals surface area contributed by atoms with Crippen molar-refractivity contribution in [1.29, 1.82) is 0 Å². The molecule has 2 N–H and O–H groups in total. The van der Waals surface area contributed by atoms with Crippen molar-refractivity contribution in [3.8, 4) is 0 Å². The highest BCUT2D eigenvalue weighted by atomic mass is 32.2. The van der Waals surface area contributed by atoms with Gasteiger partial charge >= 0.3 is 0 Å². The van der Waals surface area contributed by atoms with E-state index < -0.39 is 0 Å². The molecule has 1 aromatic heterocycles. The molecule has 0 saturated carbocycles. The SMILES string of the molecule is NSN1CCC2(CCN(c3ncnc4ccc(F)cc34)CC2)C1. The molecule has 7 heteroatoms. The molecule has 3 heterocycles. The minimum Gasteiger partial charge on any atom is -0.356 e. The summed E-state index contributed by atoms with van der Waals surface area (Å²) in [5.74, 6) is 0.612. The molecule has 0 aliphatic carbocycles. The average Bonchev–Trinajstić information content (AvgIpc) is 2.98. The van der Waals surface area contributed by atoms with E-state index in [0.717, 1.165) is 55.7 Å². The molecular weight excluding hydrogens is 313 g/mol. The summed E-state index contributed by atoms with van der Waals surface area (Å²) < 4.78 is 15.9. The second kappa shape index (κ2) is 5.89. The van der Waals surface area contributed by atoms with E-state index in [2.05, 4.69) is 19.2 Å². The van der Waals surface area contributed by atoms with Gasteiger partial charge in [-0.2, -0.15) is 0 Å². The maximum absolute atomic E-state index is 13.6. The van der Waals surface area contributed by atoms with Gasteiger partial charge in [-0.25, -0.2) is 18.7 Å². The number of anilines is 1. The number of hydrogen-bond acceptors (Lipinski definition) is 6. The van der Waals surface area contributed by atoms with E-state index in [1.165, 1.54) is 30.7 Å². The summed E-state index contributed by atoms with van der Waals surface area (Å²) in [6.45, 7) is 4.04. The molecule has 0 amide bonds. The molecule has 23 heavy (non-hydrogen) atoms. The number of fused-ring (bicyclic) bond motifs is 1. The van der Waals surface area contributed by atoms with Crippen LogP contribution in [0.1, 0.15) is 19.3 Å². The van der Waals surface area contributed by atoms with Gasteiger partial charge in [0, 0.05) is 43.7 Å². The van der Waals surface area contributed by atoms with Crippen LogP contribution < -0.4 is 10.0 Å². The third-order valence-corrected chi connectivity index (χ3v) is 5.86. The fourth-order valence-corrected chi connectivity index (χ4v) is 4.40. The number of piperidine rings is 1. The van der Waals surface area contributed by atoms with E-state index in [0.29, 0.717) is 5.41 Å². The topological polar surface area (TPSA) is 58.3 Å². The summed E-state index contributed by atoms with van der Waals surface area (Å²) in [4.78, 5) is 10.9. The first-order valence-corrected chi connectivity index (χ1v) is 8.80. The molecule has 2 aromatic rings. The zero-order valence-electron chi connectivity index (χ0n) is 12.9. The molecule has 4 rings (SSSR count). The van der Waals surface area contributed by atoms with Gasteiger partial charge in [-0.05, 0) is 42.9 Å². The molecule has 0 atom stereocenters. The third kappa shape index (κ3) is 2.77. The van der Waals surface area contributed by atoms with Crippen LogP contribution >= 0.6 is 12.1 Å². The number of benzene rings is 1. The van der Waals surface area contributed by atoms with Crippen LogP contribution in [0.4, 0.5) is 10.2 Å². The normalized spacial score (nSPS) is 21.4. The lowest BCUT2D eigenvalue weighted by Crippen LogP contribution is -2.41. The van der Waals surface area contributed by atoms with E-state index in [1.807, 2.05) is 0 Å². The molecule has 1 aromatic carbocycles. The van der Waals surface area contributed by atoms with E-state index in [-0.39, 0.29) is 5.82 Å². The number of halogens is 1. The summed E-state index contributed by atoms with van der Waals surface area (Å²) >= 11 is 1.36. The smallest absolute Gasteiger partial charge is 0.139 e. The summed E-state index contributed by atoms with van der Waals surface area (Å²) in [6.07, 6.45) is 5.04. The molecule has 1 spiro atoms. The van der Waals surface area contributed by atoms with Gasteiger partial charge in [0.15, 0.2) is 0 Å². The zero-order valence-corrected chi connectivity index (χ0v) is 13.7. The van der Waals surface area contributed by atoms with Crippen LogP contribution in [0.15, 0.2) is 24.5 Å². The van der Waals surface area contributed by atoms with Gasteiger partial charge in [0.25, 0.3) is 0 Å². The molecule has 0 radical (unpaired) electrons. The number of aromatic nitrogens is 2. The highest BCUT2D eigenvalue weighted by molar-refractivity contribution is 7.94. The predicted octanol–water partition coefficient (Wildman–Crippen LogP) is 2.58. The Kier molecular flexibility index (Phi) is 3.87. The van der Waals surface area contributed by atoms with Gasteiger partial charge in [0.05, 0.1) is 5.52 Å². The molecule has 122 valence electrons. The number of rotatable bonds is 2. The molecule has 0 bridgehead atoms. The lowest BCUT2D eigenvalue weighted by atomic mass is 9.78. The Labute approximate surface area is 139 Å². The van der Waals surface area contributed by atoms with Gasteiger partial charge in [-0.1, -0.05) is 0 Å². The van der Waals surface area contributed by atoms with Crippen molar-refractivity contribution in [1.82, 2.24) is 14.3 Å². The number of nitrogens with two attached hydrogens (primary N) is 1. The van der Waals surface area contributed by atoms with Crippen molar-refractivity contribution in [2.24, 2.45) is 10.6 Å².